The van der Waals surface area contributed by atoms with Gasteiger partial charge in [-0.2, -0.15) is 0 Å². The van der Waals surface area contributed by atoms with Gasteiger partial charge < -0.3 is 15.0 Å². The number of rotatable bonds is 4. The zero-order valence-corrected chi connectivity index (χ0v) is 21.6. The van der Waals surface area contributed by atoms with Gasteiger partial charge >= 0.3 is 6.09 Å². The van der Waals surface area contributed by atoms with E-state index in [1.807, 2.05) is 49.4 Å². The molecule has 0 saturated carbocycles. The molecule has 2 aromatic heterocycles. The highest BCUT2D eigenvalue weighted by Crippen LogP contribution is 2.46. The first-order chi connectivity index (χ1) is 16.0. The van der Waals surface area contributed by atoms with Crippen molar-refractivity contribution in [3.63, 3.8) is 0 Å². The molecule has 1 aliphatic heterocycles. The minimum Gasteiger partial charge on any atom is -0.450 e. The molecule has 0 radical (unpaired) electrons. The third-order valence-corrected chi connectivity index (χ3v) is 8.56. The van der Waals surface area contributed by atoms with Crippen molar-refractivity contribution in [2.24, 2.45) is 0 Å². The second-order valence-electron chi connectivity index (χ2n) is 7.50. The number of hydrogen-bond acceptors (Lipinski definition) is 6. The number of aromatic nitrogens is 1. The number of benzene rings is 2. The molecule has 0 unspecified atom stereocenters. The van der Waals surface area contributed by atoms with Crippen LogP contribution >= 0.6 is 45.3 Å². The lowest BCUT2D eigenvalue weighted by atomic mass is 10.0. The fourth-order valence-electron chi connectivity index (χ4n) is 3.88. The van der Waals surface area contributed by atoms with Crippen molar-refractivity contribution < 1.29 is 14.3 Å². The number of carbonyl (C=O) groups is 2. The van der Waals surface area contributed by atoms with E-state index in [0.717, 1.165) is 39.8 Å². The van der Waals surface area contributed by atoms with Gasteiger partial charge in [-0.1, -0.05) is 24.3 Å². The molecule has 0 bridgehead atoms. The van der Waals surface area contributed by atoms with Gasteiger partial charge in [0.2, 0.25) is 0 Å². The highest BCUT2D eigenvalue weighted by molar-refractivity contribution is 14.1. The van der Waals surface area contributed by atoms with Crippen molar-refractivity contribution in [3.05, 3.63) is 68.1 Å². The highest BCUT2D eigenvalue weighted by atomic mass is 127. The van der Waals surface area contributed by atoms with E-state index in [1.54, 1.807) is 16.2 Å². The van der Waals surface area contributed by atoms with E-state index in [2.05, 4.69) is 34.0 Å². The van der Waals surface area contributed by atoms with Crippen LogP contribution in [0.2, 0.25) is 0 Å². The van der Waals surface area contributed by atoms with Gasteiger partial charge in [0.1, 0.15) is 10.0 Å². The zero-order valence-electron chi connectivity index (χ0n) is 17.8. The first-order valence-electron chi connectivity index (χ1n) is 10.5. The van der Waals surface area contributed by atoms with Crippen LogP contribution < -0.4 is 5.32 Å². The SMILES string of the molecule is CCOC(=O)N1CCc2c(sc(NC(=O)c3ccccc3I)c2-c2nc3ccccc3s2)C1. The van der Waals surface area contributed by atoms with Crippen LogP contribution in [0.3, 0.4) is 0 Å². The molecular weight excluding hydrogens is 569 g/mol. The monoisotopic (exact) mass is 589 g/mol. The van der Waals surface area contributed by atoms with E-state index < -0.39 is 0 Å². The maximum absolute atomic E-state index is 13.2. The van der Waals surface area contributed by atoms with Gasteiger partial charge in [-0.15, -0.1) is 22.7 Å². The number of thiophene rings is 1. The second-order valence-corrected chi connectivity index (χ2v) is 10.8. The van der Waals surface area contributed by atoms with Crippen molar-refractivity contribution in [2.75, 3.05) is 18.5 Å². The number of ether oxygens (including phenoxy) is 1. The topological polar surface area (TPSA) is 71.5 Å². The predicted octanol–water partition coefficient (Wildman–Crippen LogP) is 6.40. The summed E-state index contributed by atoms with van der Waals surface area (Å²) in [6.45, 7) is 3.20. The Kier molecular flexibility index (Phi) is 6.35. The van der Waals surface area contributed by atoms with E-state index in [0.29, 0.717) is 31.7 Å². The minimum atomic E-state index is -0.303. The van der Waals surface area contributed by atoms with Gasteiger partial charge in [-0.3, -0.25) is 4.79 Å². The lowest BCUT2D eigenvalue weighted by Gasteiger charge is -2.26. The standard InChI is InChI=1S/C24H20IN3O3S2/c1-2-31-24(30)28-12-11-15-19(13-28)33-23(27-21(29)14-7-3-4-8-16(14)25)20(15)22-26-17-9-5-6-10-18(17)32-22/h3-10H,2,11-13H2,1H3,(H,27,29). The molecule has 33 heavy (non-hydrogen) atoms. The van der Waals surface area contributed by atoms with Crippen LogP contribution in [-0.4, -0.2) is 35.0 Å². The van der Waals surface area contributed by atoms with E-state index in [4.69, 9.17) is 9.72 Å². The number of thiazole rings is 1. The number of hydrogen-bond donors (Lipinski definition) is 1. The molecule has 168 valence electrons. The quantitative estimate of drug-likeness (QED) is 0.280. The van der Waals surface area contributed by atoms with E-state index >= 15 is 0 Å². The number of nitrogens with zero attached hydrogens (tertiary/aromatic N) is 2. The molecule has 0 saturated heterocycles. The van der Waals surface area contributed by atoms with Gasteiger partial charge in [0, 0.05) is 20.6 Å². The van der Waals surface area contributed by atoms with Crippen molar-refractivity contribution in [1.82, 2.24) is 9.88 Å². The number of carbonyl (C=O) groups excluding carboxylic acids is 2. The second kappa shape index (κ2) is 9.40. The summed E-state index contributed by atoms with van der Waals surface area (Å²) < 4.78 is 7.20. The Labute approximate surface area is 212 Å². The zero-order chi connectivity index (χ0) is 22.9. The van der Waals surface area contributed by atoms with Crippen molar-refractivity contribution in [2.45, 2.75) is 19.9 Å². The van der Waals surface area contributed by atoms with Gasteiger partial charge in [0.25, 0.3) is 5.91 Å². The summed E-state index contributed by atoms with van der Waals surface area (Å²) in [6.07, 6.45) is 0.386. The lowest BCUT2D eigenvalue weighted by molar-refractivity contribution is 0.102. The normalized spacial score (nSPS) is 13.1. The molecule has 3 heterocycles. The Bertz CT molecular complexity index is 1330. The van der Waals surface area contributed by atoms with Crippen LogP contribution in [0.4, 0.5) is 9.80 Å². The maximum Gasteiger partial charge on any atom is 0.410 e. The van der Waals surface area contributed by atoms with Crippen LogP contribution in [0.15, 0.2) is 48.5 Å². The van der Waals surface area contributed by atoms with E-state index in [1.165, 1.54) is 11.3 Å². The third-order valence-electron chi connectivity index (χ3n) is 5.44. The average molecular weight is 589 g/mol. The predicted molar refractivity (Wildman–Crippen MR) is 141 cm³/mol. The van der Waals surface area contributed by atoms with Crippen LogP contribution in [0.1, 0.15) is 27.7 Å². The van der Waals surface area contributed by atoms with Crippen LogP contribution in [0.25, 0.3) is 20.8 Å². The molecular formula is C24H20IN3O3S2. The fraction of sp³-hybridized carbons (Fsp3) is 0.208. The highest BCUT2D eigenvalue weighted by Gasteiger charge is 2.30. The first-order valence-corrected chi connectivity index (χ1v) is 13.2. The van der Waals surface area contributed by atoms with Crippen LogP contribution in [0.5, 0.6) is 0 Å². The summed E-state index contributed by atoms with van der Waals surface area (Å²) >= 11 is 5.31. The number of amides is 2. The smallest absolute Gasteiger partial charge is 0.410 e. The Hall–Kier alpha value is -2.50. The van der Waals surface area contributed by atoms with Crippen molar-refractivity contribution in [3.8, 4) is 10.6 Å². The molecule has 0 atom stereocenters. The molecule has 2 aromatic carbocycles. The summed E-state index contributed by atoms with van der Waals surface area (Å²) in [5, 5.41) is 4.80. The summed E-state index contributed by atoms with van der Waals surface area (Å²) in [5.74, 6) is -0.150. The first kappa shape index (κ1) is 22.3. The van der Waals surface area contributed by atoms with Gasteiger partial charge in [-0.05, 0) is 65.8 Å². The lowest BCUT2D eigenvalue weighted by Crippen LogP contribution is -2.35. The number of fused-ring (bicyclic) bond motifs is 2. The molecule has 0 fully saturated rings. The van der Waals surface area contributed by atoms with Crippen LogP contribution in [-0.2, 0) is 17.7 Å². The van der Waals surface area contributed by atoms with Crippen molar-refractivity contribution >= 4 is 72.5 Å². The van der Waals surface area contributed by atoms with E-state index in [9.17, 15) is 9.59 Å². The summed E-state index contributed by atoms with van der Waals surface area (Å²) in [4.78, 5) is 33.1. The molecule has 1 aliphatic rings. The number of para-hydroxylation sites is 1. The summed E-state index contributed by atoms with van der Waals surface area (Å²) in [5.41, 5.74) is 3.70. The van der Waals surface area contributed by atoms with Crippen LogP contribution in [0, 0.1) is 3.57 Å². The maximum atomic E-state index is 13.2. The summed E-state index contributed by atoms with van der Waals surface area (Å²) in [7, 11) is 0. The number of anilines is 1. The molecule has 5 rings (SSSR count). The molecule has 0 spiro atoms. The van der Waals surface area contributed by atoms with Gasteiger partial charge in [-0.25, -0.2) is 9.78 Å². The fourth-order valence-corrected chi connectivity index (χ4v) is 6.88. The molecule has 6 nitrogen and oxygen atoms in total. The van der Waals surface area contributed by atoms with E-state index in [-0.39, 0.29) is 12.0 Å². The number of halogens is 1. The third kappa shape index (κ3) is 4.36. The van der Waals surface area contributed by atoms with Gasteiger partial charge in [0.05, 0.1) is 28.9 Å². The Morgan fingerprint density at radius 2 is 1.94 bits per heavy atom. The molecule has 1 N–H and O–H groups in total. The Balaban J connectivity index is 1.56. The van der Waals surface area contributed by atoms with Crippen molar-refractivity contribution in [1.29, 1.82) is 0 Å². The molecule has 2 amide bonds. The average Bonchev–Trinajstić information content (AvgIpc) is 3.39. The van der Waals surface area contributed by atoms with Gasteiger partial charge in [0.15, 0.2) is 0 Å². The molecule has 0 aliphatic carbocycles. The Morgan fingerprint density at radius 3 is 2.73 bits per heavy atom. The number of nitrogens with one attached hydrogen (secondary N) is 1. The molecule has 9 heteroatoms. The minimum absolute atomic E-state index is 0.150. The summed E-state index contributed by atoms with van der Waals surface area (Å²) in [6, 6.07) is 15.6. The molecule has 4 aromatic rings. The Morgan fingerprint density at radius 1 is 1.15 bits per heavy atom. The largest absolute Gasteiger partial charge is 0.450 e.